The van der Waals surface area contributed by atoms with Gasteiger partial charge >= 0.3 is 0 Å². The second-order valence-corrected chi connectivity index (χ2v) is 5.63. The molecule has 0 bridgehead atoms. The van der Waals surface area contributed by atoms with Gasteiger partial charge in [0.2, 0.25) is 5.91 Å². The number of carbonyl (C=O) groups is 1. The van der Waals surface area contributed by atoms with Gasteiger partial charge in [0.05, 0.1) is 11.6 Å². The molecule has 118 valence electrons. The standard InChI is InChI=1S/C18H25N3O/c1-5-6-15(2)18(22)21(12-11-20(3)4)14-17-9-7-16(13-19)8-10-17/h6-10H,5,11-12,14H2,1-4H3. The number of allylic oxidation sites excluding steroid dienone is 1. The Morgan fingerprint density at radius 2 is 1.86 bits per heavy atom. The molecule has 4 nitrogen and oxygen atoms in total. The van der Waals surface area contributed by atoms with E-state index in [0.29, 0.717) is 18.7 Å². The van der Waals surface area contributed by atoms with E-state index in [2.05, 4.69) is 11.0 Å². The summed E-state index contributed by atoms with van der Waals surface area (Å²) in [6.45, 7) is 5.96. The highest BCUT2D eigenvalue weighted by Gasteiger charge is 2.15. The summed E-state index contributed by atoms with van der Waals surface area (Å²) in [6.07, 6.45) is 2.82. The van der Waals surface area contributed by atoms with Crippen LogP contribution in [0.5, 0.6) is 0 Å². The Labute approximate surface area is 133 Å². The molecule has 0 saturated heterocycles. The topological polar surface area (TPSA) is 47.3 Å². The Bertz CT molecular complexity index is 553. The summed E-state index contributed by atoms with van der Waals surface area (Å²) in [5, 5.41) is 8.85. The van der Waals surface area contributed by atoms with Gasteiger partial charge in [0, 0.05) is 25.2 Å². The van der Waals surface area contributed by atoms with E-state index in [-0.39, 0.29) is 5.91 Å². The number of likely N-dealkylation sites (N-methyl/N-ethyl adjacent to an activating group) is 1. The van der Waals surface area contributed by atoms with Crippen molar-refractivity contribution in [3.63, 3.8) is 0 Å². The average molecular weight is 299 g/mol. The lowest BCUT2D eigenvalue weighted by molar-refractivity contribution is -0.127. The van der Waals surface area contributed by atoms with Crippen molar-refractivity contribution in [3.05, 3.63) is 47.0 Å². The third kappa shape index (κ3) is 5.71. The molecular weight excluding hydrogens is 274 g/mol. The van der Waals surface area contributed by atoms with E-state index in [1.54, 1.807) is 12.1 Å². The molecule has 0 radical (unpaired) electrons. The Balaban J connectivity index is 2.87. The molecular formula is C18H25N3O. The van der Waals surface area contributed by atoms with Crippen molar-refractivity contribution in [2.24, 2.45) is 0 Å². The second-order valence-electron chi connectivity index (χ2n) is 5.63. The van der Waals surface area contributed by atoms with Crippen LogP contribution in [0.2, 0.25) is 0 Å². The molecule has 0 atom stereocenters. The molecule has 0 aliphatic rings. The maximum atomic E-state index is 12.6. The summed E-state index contributed by atoms with van der Waals surface area (Å²) in [5.41, 5.74) is 2.46. The van der Waals surface area contributed by atoms with Gasteiger partial charge in [-0.05, 0) is 45.1 Å². The summed E-state index contributed by atoms with van der Waals surface area (Å²) in [6, 6.07) is 9.51. The van der Waals surface area contributed by atoms with Gasteiger partial charge in [-0.1, -0.05) is 25.1 Å². The quantitative estimate of drug-likeness (QED) is 0.727. The highest BCUT2D eigenvalue weighted by Crippen LogP contribution is 2.11. The SMILES string of the molecule is CCC=C(C)C(=O)N(CCN(C)C)Cc1ccc(C#N)cc1. The van der Waals surface area contributed by atoms with Gasteiger partial charge in [0.15, 0.2) is 0 Å². The van der Waals surface area contributed by atoms with Gasteiger partial charge in [-0.25, -0.2) is 0 Å². The summed E-state index contributed by atoms with van der Waals surface area (Å²) in [7, 11) is 4.00. The number of amides is 1. The van der Waals surface area contributed by atoms with Crippen LogP contribution in [0.1, 0.15) is 31.4 Å². The van der Waals surface area contributed by atoms with E-state index in [1.165, 1.54) is 0 Å². The highest BCUT2D eigenvalue weighted by atomic mass is 16.2. The molecule has 0 unspecified atom stereocenters. The van der Waals surface area contributed by atoms with Gasteiger partial charge in [-0.15, -0.1) is 0 Å². The molecule has 1 aromatic carbocycles. The number of benzene rings is 1. The fourth-order valence-electron chi connectivity index (χ4n) is 2.12. The predicted molar refractivity (Wildman–Crippen MR) is 89.2 cm³/mol. The minimum absolute atomic E-state index is 0.0769. The monoisotopic (exact) mass is 299 g/mol. The van der Waals surface area contributed by atoms with Crippen molar-refractivity contribution >= 4 is 5.91 Å². The first kappa shape index (κ1) is 17.9. The summed E-state index contributed by atoms with van der Waals surface area (Å²) >= 11 is 0. The fourth-order valence-corrected chi connectivity index (χ4v) is 2.12. The third-order valence-corrected chi connectivity index (χ3v) is 3.41. The maximum absolute atomic E-state index is 12.6. The highest BCUT2D eigenvalue weighted by molar-refractivity contribution is 5.92. The van der Waals surface area contributed by atoms with Crippen molar-refractivity contribution < 1.29 is 4.79 Å². The zero-order valence-corrected chi connectivity index (χ0v) is 14.0. The zero-order chi connectivity index (χ0) is 16.5. The van der Waals surface area contributed by atoms with Crippen molar-refractivity contribution in [3.8, 4) is 6.07 Å². The minimum Gasteiger partial charge on any atom is -0.333 e. The maximum Gasteiger partial charge on any atom is 0.249 e. The van der Waals surface area contributed by atoms with E-state index in [9.17, 15) is 4.79 Å². The normalized spacial score (nSPS) is 11.4. The van der Waals surface area contributed by atoms with Crippen LogP contribution in [0, 0.1) is 11.3 Å². The lowest BCUT2D eigenvalue weighted by atomic mass is 10.1. The number of nitriles is 1. The molecule has 1 rings (SSSR count). The molecule has 0 heterocycles. The average Bonchev–Trinajstić information content (AvgIpc) is 2.51. The lowest BCUT2D eigenvalue weighted by Crippen LogP contribution is -2.36. The minimum atomic E-state index is 0.0769. The molecule has 1 amide bonds. The summed E-state index contributed by atoms with van der Waals surface area (Å²) in [5.74, 6) is 0.0769. The van der Waals surface area contributed by atoms with E-state index in [0.717, 1.165) is 24.1 Å². The van der Waals surface area contributed by atoms with Crippen LogP contribution in [-0.2, 0) is 11.3 Å². The molecule has 0 saturated carbocycles. The number of rotatable bonds is 7. The Morgan fingerprint density at radius 3 is 2.36 bits per heavy atom. The van der Waals surface area contributed by atoms with Crippen molar-refractivity contribution in [2.75, 3.05) is 27.2 Å². The molecule has 0 aliphatic heterocycles. The Hall–Kier alpha value is -2.12. The van der Waals surface area contributed by atoms with Crippen molar-refractivity contribution in [1.29, 1.82) is 5.26 Å². The fraction of sp³-hybridized carbons (Fsp3) is 0.444. The first-order valence-electron chi connectivity index (χ1n) is 7.57. The van der Waals surface area contributed by atoms with Crippen LogP contribution in [0.3, 0.4) is 0 Å². The Kier molecular flexibility index (Phi) is 7.34. The summed E-state index contributed by atoms with van der Waals surface area (Å²) < 4.78 is 0. The number of carbonyl (C=O) groups excluding carboxylic acids is 1. The van der Waals surface area contributed by atoms with E-state index in [4.69, 9.17) is 5.26 Å². The number of nitrogens with zero attached hydrogens (tertiary/aromatic N) is 3. The van der Waals surface area contributed by atoms with Crippen LogP contribution in [0.4, 0.5) is 0 Å². The van der Waals surface area contributed by atoms with Crippen molar-refractivity contribution in [2.45, 2.75) is 26.8 Å². The number of hydrogen-bond acceptors (Lipinski definition) is 3. The van der Waals surface area contributed by atoms with Gasteiger partial charge in [0.25, 0.3) is 0 Å². The largest absolute Gasteiger partial charge is 0.333 e. The molecule has 4 heteroatoms. The third-order valence-electron chi connectivity index (χ3n) is 3.41. The van der Waals surface area contributed by atoms with E-state index < -0.39 is 0 Å². The summed E-state index contributed by atoms with van der Waals surface area (Å²) in [4.78, 5) is 16.5. The molecule has 0 N–H and O–H groups in total. The zero-order valence-electron chi connectivity index (χ0n) is 14.0. The molecule has 0 aliphatic carbocycles. The van der Waals surface area contributed by atoms with E-state index in [1.807, 2.05) is 51.1 Å². The molecule has 0 fully saturated rings. The predicted octanol–water partition coefficient (Wildman–Crippen LogP) is 2.80. The van der Waals surface area contributed by atoms with Crippen LogP contribution >= 0.6 is 0 Å². The van der Waals surface area contributed by atoms with E-state index >= 15 is 0 Å². The van der Waals surface area contributed by atoms with Crippen LogP contribution in [0.15, 0.2) is 35.9 Å². The lowest BCUT2D eigenvalue weighted by Gasteiger charge is -2.25. The van der Waals surface area contributed by atoms with Gasteiger partial charge < -0.3 is 9.80 Å². The number of hydrogen-bond donors (Lipinski definition) is 0. The van der Waals surface area contributed by atoms with Gasteiger partial charge in [-0.3, -0.25) is 4.79 Å². The molecule has 0 spiro atoms. The van der Waals surface area contributed by atoms with Gasteiger partial charge in [-0.2, -0.15) is 5.26 Å². The van der Waals surface area contributed by atoms with Crippen LogP contribution in [-0.4, -0.2) is 42.9 Å². The smallest absolute Gasteiger partial charge is 0.249 e. The molecule has 22 heavy (non-hydrogen) atoms. The molecule has 1 aromatic rings. The first-order valence-corrected chi connectivity index (χ1v) is 7.57. The van der Waals surface area contributed by atoms with Gasteiger partial charge in [0.1, 0.15) is 0 Å². The van der Waals surface area contributed by atoms with Crippen LogP contribution < -0.4 is 0 Å². The molecule has 0 aromatic heterocycles. The van der Waals surface area contributed by atoms with Crippen molar-refractivity contribution in [1.82, 2.24) is 9.80 Å². The second kappa shape index (κ2) is 9.01. The van der Waals surface area contributed by atoms with Crippen LogP contribution in [0.25, 0.3) is 0 Å². The Morgan fingerprint density at radius 1 is 1.23 bits per heavy atom. The first-order chi connectivity index (χ1) is 10.5.